The maximum Gasteiger partial charge on any atom is 0.362 e. The van der Waals surface area contributed by atoms with Crippen molar-refractivity contribution < 1.29 is 29.1 Å². The lowest BCUT2D eigenvalue weighted by Crippen LogP contribution is -2.51. The van der Waals surface area contributed by atoms with Gasteiger partial charge in [-0.1, -0.05) is 23.1 Å². The molecule has 0 aromatic heterocycles. The van der Waals surface area contributed by atoms with Crippen LogP contribution in [0.15, 0.2) is 24.3 Å². The molecule has 1 aliphatic rings. The van der Waals surface area contributed by atoms with Crippen molar-refractivity contribution in [2.45, 2.75) is 50.1 Å². The zero-order chi connectivity index (χ0) is 20.6. The van der Waals surface area contributed by atoms with Crippen LogP contribution in [0.4, 0.5) is 0 Å². The van der Waals surface area contributed by atoms with Crippen LogP contribution in [0.25, 0.3) is 0 Å². The highest BCUT2D eigenvalue weighted by Gasteiger charge is 2.47. The van der Waals surface area contributed by atoms with E-state index in [0.717, 1.165) is 18.4 Å². The summed E-state index contributed by atoms with van der Waals surface area (Å²) in [6.45, 7) is 2.63. The molecule has 1 amide bonds. The second-order valence-corrected chi connectivity index (χ2v) is 8.10. The molecule has 0 aliphatic carbocycles. The molecule has 28 heavy (non-hydrogen) atoms. The van der Waals surface area contributed by atoms with Gasteiger partial charge in [-0.15, -0.1) is 0 Å². The minimum absolute atomic E-state index is 0.0670. The van der Waals surface area contributed by atoms with E-state index in [2.05, 4.69) is 10.6 Å². The highest BCUT2D eigenvalue weighted by atomic mass is 31.1. The van der Waals surface area contributed by atoms with Gasteiger partial charge in [-0.25, -0.2) is 4.79 Å². The van der Waals surface area contributed by atoms with Crippen molar-refractivity contribution in [2.24, 2.45) is 0 Å². The standard InChI is InChI=1S/C19H27N2O6P/c1-13(22)20-9-4-2-3-8-19(25,28-26)17-11-21-16(12-27-17)14-6-5-7-15(10-14)18(23)24/h5-7,10,16-17,21,25H,2-4,8-9,11-12H2,1H3,(H,20,22)(H,23,24)/p+1/t16-,17+,19?/m0/s1. The fourth-order valence-electron chi connectivity index (χ4n) is 3.23. The highest BCUT2D eigenvalue weighted by molar-refractivity contribution is 7.25. The normalized spacial score (nSPS) is 21.8. The van der Waals surface area contributed by atoms with Gasteiger partial charge < -0.3 is 25.6 Å². The zero-order valence-electron chi connectivity index (χ0n) is 15.9. The summed E-state index contributed by atoms with van der Waals surface area (Å²) in [4.78, 5) is 21.9. The summed E-state index contributed by atoms with van der Waals surface area (Å²) in [5, 5.41) is 24.4. The summed E-state index contributed by atoms with van der Waals surface area (Å²) in [5.41, 5.74) is 1.00. The number of carboxylic acid groups (broad SMARTS) is 1. The van der Waals surface area contributed by atoms with Gasteiger partial charge in [0, 0.05) is 26.4 Å². The molecular weight excluding hydrogens is 383 g/mol. The first kappa shape index (κ1) is 22.4. The SMILES string of the molecule is CC(=O)NCCCCCC(O)([PH+]=O)[C@H]1CN[C@H](c2cccc(C(=O)O)c2)CO1. The molecule has 1 aromatic rings. The average Bonchev–Trinajstić information content (AvgIpc) is 2.70. The average molecular weight is 411 g/mol. The third-order valence-electron chi connectivity index (χ3n) is 4.87. The van der Waals surface area contributed by atoms with E-state index in [4.69, 9.17) is 9.84 Å². The van der Waals surface area contributed by atoms with Crippen LogP contribution in [0.5, 0.6) is 0 Å². The lowest BCUT2D eigenvalue weighted by Gasteiger charge is -2.34. The van der Waals surface area contributed by atoms with Gasteiger partial charge in [-0.2, -0.15) is 0 Å². The quantitative estimate of drug-likeness (QED) is 0.342. The Morgan fingerprint density at radius 1 is 1.36 bits per heavy atom. The molecule has 0 radical (unpaired) electrons. The molecule has 4 N–H and O–H groups in total. The van der Waals surface area contributed by atoms with Gasteiger partial charge in [0.05, 0.1) is 18.2 Å². The number of hydrogen-bond donors (Lipinski definition) is 4. The number of aliphatic hydroxyl groups is 1. The molecular formula is C19H28N2O6P+. The second kappa shape index (κ2) is 10.6. The van der Waals surface area contributed by atoms with E-state index < -0.39 is 25.9 Å². The Morgan fingerprint density at radius 3 is 2.75 bits per heavy atom. The van der Waals surface area contributed by atoms with Crippen molar-refractivity contribution in [2.75, 3.05) is 19.7 Å². The Hall–Kier alpha value is -1.86. The van der Waals surface area contributed by atoms with Crippen LogP contribution in [0, 0.1) is 0 Å². The fourth-order valence-corrected chi connectivity index (χ4v) is 3.82. The highest BCUT2D eigenvalue weighted by Crippen LogP contribution is 2.34. The van der Waals surface area contributed by atoms with Crippen molar-refractivity contribution >= 4 is 20.3 Å². The number of unbranched alkanes of at least 4 members (excludes halogenated alkanes) is 2. The maximum absolute atomic E-state index is 11.7. The number of carboxylic acids is 1. The van der Waals surface area contributed by atoms with Crippen molar-refractivity contribution in [1.29, 1.82) is 0 Å². The zero-order valence-corrected chi connectivity index (χ0v) is 16.9. The number of amides is 1. The Labute approximate surface area is 165 Å². The van der Waals surface area contributed by atoms with Gasteiger partial charge in [0.1, 0.15) is 6.10 Å². The third-order valence-corrected chi connectivity index (χ3v) is 5.79. The van der Waals surface area contributed by atoms with E-state index in [-0.39, 0.29) is 24.1 Å². The molecule has 0 bridgehead atoms. The van der Waals surface area contributed by atoms with Crippen LogP contribution >= 0.6 is 8.46 Å². The number of morpholine rings is 1. The predicted octanol–water partition coefficient (Wildman–Crippen LogP) is 1.82. The van der Waals surface area contributed by atoms with E-state index in [0.29, 0.717) is 25.9 Å². The van der Waals surface area contributed by atoms with Crippen molar-refractivity contribution in [3.8, 4) is 0 Å². The molecule has 9 heteroatoms. The molecule has 1 fully saturated rings. The number of ether oxygens (including phenoxy) is 1. The molecule has 1 heterocycles. The topological polar surface area (TPSA) is 125 Å². The number of carbonyl (C=O) groups excluding carboxylic acids is 1. The first-order valence-corrected chi connectivity index (χ1v) is 10.3. The van der Waals surface area contributed by atoms with Crippen molar-refractivity contribution in [3.63, 3.8) is 0 Å². The van der Waals surface area contributed by atoms with E-state index in [1.54, 1.807) is 12.1 Å². The van der Waals surface area contributed by atoms with E-state index in [1.165, 1.54) is 13.0 Å². The minimum Gasteiger partial charge on any atom is -0.478 e. The van der Waals surface area contributed by atoms with Crippen LogP contribution in [0.3, 0.4) is 0 Å². The monoisotopic (exact) mass is 411 g/mol. The first-order chi connectivity index (χ1) is 13.4. The Kier molecular flexibility index (Phi) is 8.51. The lowest BCUT2D eigenvalue weighted by atomic mass is 10.00. The van der Waals surface area contributed by atoms with Gasteiger partial charge in [-0.05, 0) is 30.5 Å². The third kappa shape index (κ3) is 6.34. The lowest BCUT2D eigenvalue weighted by molar-refractivity contribution is -0.118. The molecule has 4 atom stereocenters. The molecule has 2 rings (SSSR count). The first-order valence-electron chi connectivity index (χ1n) is 9.40. The summed E-state index contributed by atoms with van der Waals surface area (Å²) < 4.78 is 17.5. The summed E-state index contributed by atoms with van der Waals surface area (Å²) in [7, 11) is -0.913. The number of rotatable bonds is 10. The molecule has 8 nitrogen and oxygen atoms in total. The minimum atomic E-state index is -1.42. The molecule has 1 aliphatic heterocycles. The molecule has 1 aromatic carbocycles. The summed E-state index contributed by atoms with van der Waals surface area (Å²) in [6.07, 6.45) is 2.02. The number of benzene rings is 1. The Bertz CT molecular complexity index is 693. The van der Waals surface area contributed by atoms with Gasteiger partial charge in [0.25, 0.3) is 5.34 Å². The van der Waals surface area contributed by atoms with E-state index >= 15 is 0 Å². The molecule has 1 saturated heterocycles. The smallest absolute Gasteiger partial charge is 0.362 e. The largest absolute Gasteiger partial charge is 0.478 e. The molecule has 0 spiro atoms. The Balaban J connectivity index is 1.84. The van der Waals surface area contributed by atoms with E-state index in [9.17, 15) is 19.3 Å². The number of carbonyl (C=O) groups is 2. The summed E-state index contributed by atoms with van der Waals surface area (Å²) >= 11 is 0. The fraction of sp³-hybridized carbons (Fsp3) is 0.579. The number of nitrogens with one attached hydrogen (secondary N) is 2. The Morgan fingerprint density at radius 2 is 2.14 bits per heavy atom. The van der Waals surface area contributed by atoms with Gasteiger partial charge in [0.15, 0.2) is 0 Å². The van der Waals surface area contributed by atoms with Crippen LogP contribution in [0.2, 0.25) is 0 Å². The van der Waals surface area contributed by atoms with Crippen LogP contribution in [-0.4, -0.2) is 53.2 Å². The maximum atomic E-state index is 11.7. The van der Waals surface area contributed by atoms with Gasteiger partial charge in [-0.3, -0.25) is 4.79 Å². The van der Waals surface area contributed by atoms with Crippen LogP contribution in [0.1, 0.15) is 54.6 Å². The molecule has 0 saturated carbocycles. The van der Waals surface area contributed by atoms with Crippen LogP contribution < -0.4 is 10.6 Å². The predicted molar refractivity (Wildman–Crippen MR) is 105 cm³/mol. The van der Waals surface area contributed by atoms with E-state index in [1.807, 2.05) is 6.07 Å². The molecule has 2 unspecified atom stereocenters. The number of aromatic carboxylic acids is 1. The second-order valence-electron chi connectivity index (χ2n) is 7.03. The van der Waals surface area contributed by atoms with Crippen LogP contribution in [-0.2, 0) is 14.1 Å². The summed E-state index contributed by atoms with van der Waals surface area (Å²) in [6, 6.07) is 6.45. The molecule has 154 valence electrons. The van der Waals surface area contributed by atoms with Gasteiger partial charge in [0.2, 0.25) is 5.91 Å². The summed E-state index contributed by atoms with van der Waals surface area (Å²) in [5.74, 6) is -1.06. The number of hydrogen-bond acceptors (Lipinski definition) is 6. The van der Waals surface area contributed by atoms with Crippen molar-refractivity contribution in [3.05, 3.63) is 35.4 Å². The van der Waals surface area contributed by atoms with Gasteiger partial charge >= 0.3 is 14.4 Å². The van der Waals surface area contributed by atoms with Crippen molar-refractivity contribution in [1.82, 2.24) is 10.6 Å².